The maximum atomic E-state index is 11.6. The van der Waals surface area contributed by atoms with Gasteiger partial charge in [-0.3, -0.25) is 4.79 Å². The molecule has 0 bridgehead atoms. The second-order valence-electron chi connectivity index (χ2n) is 6.56. The van der Waals surface area contributed by atoms with E-state index in [0.717, 1.165) is 16.9 Å². The molecule has 0 aliphatic carbocycles. The molecule has 0 aliphatic rings. The zero-order valence-electron chi connectivity index (χ0n) is 16.9. The number of nitrogens with zero attached hydrogens (tertiary/aromatic N) is 3. The Bertz CT molecular complexity index is 943. The molecule has 0 aliphatic heterocycles. The van der Waals surface area contributed by atoms with Gasteiger partial charge in [0.05, 0.1) is 11.9 Å². The van der Waals surface area contributed by atoms with Crippen molar-refractivity contribution in [3.63, 3.8) is 0 Å². The molecule has 0 saturated carbocycles. The smallest absolute Gasteiger partial charge is 0.192 e. The van der Waals surface area contributed by atoms with E-state index in [-0.39, 0.29) is 17.6 Å². The van der Waals surface area contributed by atoms with E-state index in [1.54, 1.807) is 14.0 Å². The number of methoxy groups -OCH3 is 1. The van der Waals surface area contributed by atoms with Crippen LogP contribution in [-0.4, -0.2) is 39.5 Å². The fourth-order valence-corrected chi connectivity index (χ4v) is 3.65. The molecule has 1 aromatic heterocycles. The lowest BCUT2D eigenvalue weighted by Gasteiger charge is -2.14. The van der Waals surface area contributed by atoms with Crippen molar-refractivity contribution in [1.82, 2.24) is 14.8 Å². The van der Waals surface area contributed by atoms with Crippen LogP contribution in [-0.2, 0) is 22.7 Å². The molecular weight excluding hydrogens is 386 g/mol. The van der Waals surface area contributed by atoms with Gasteiger partial charge in [-0.15, -0.1) is 10.2 Å². The lowest BCUT2D eigenvalue weighted by molar-refractivity contribution is -0.116. The minimum absolute atomic E-state index is 0.103. The second-order valence-corrected chi connectivity index (χ2v) is 7.87. The summed E-state index contributed by atoms with van der Waals surface area (Å²) in [6.45, 7) is 4.84. The van der Waals surface area contributed by atoms with E-state index < -0.39 is 0 Å². The van der Waals surface area contributed by atoms with Crippen molar-refractivity contribution in [2.75, 3.05) is 13.7 Å². The average Bonchev–Trinajstić information content (AvgIpc) is 3.12. The van der Waals surface area contributed by atoms with E-state index >= 15 is 0 Å². The minimum Gasteiger partial charge on any atom is -0.485 e. The number of ketones is 1. The van der Waals surface area contributed by atoms with Crippen LogP contribution in [0.4, 0.5) is 0 Å². The Morgan fingerprint density at radius 2 is 1.83 bits per heavy atom. The number of Topliss-reactive ketones (excluding diaryl/α,β-unsaturated/α-hetero) is 1. The van der Waals surface area contributed by atoms with Crippen molar-refractivity contribution < 1.29 is 14.3 Å². The number of rotatable bonds is 10. The number of hydrogen-bond donors (Lipinski definition) is 0. The van der Waals surface area contributed by atoms with Crippen molar-refractivity contribution in [3.05, 3.63) is 60.4 Å². The van der Waals surface area contributed by atoms with E-state index in [2.05, 4.69) is 22.3 Å². The summed E-state index contributed by atoms with van der Waals surface area (Å²) in [5.74, 6) is 1.58. The summed E-state index contributed by atoms with van der Waals surface area (Å²) in [6, 6.07) is 18.1. The van der Waals surface area contributed by atoms with Crippen LogP contribution in [0, 0.1) is 0 Å². The number of thioether (sulfide) groups is 1. The number of para-hydroxylation sites is 1. The number of carbonyl (C=O) groups is 1. The molecule has 0 amide bonds. The van der Waals surface area contributed by atoms with Crippen molar-refractivity contribution in [2.45, 2.75) is 37.4 Å². The molecule has 0 N–H and O–H groups in total. The molecule has 0 spiro atoms. The summed E-state index contributed by atoms with van der Waals surface area (Å²) >= 11 is 1.40. The van der Waals surface area contributed by atoms with Gasteiger partial charge in [0.25, 0.3) is 0 Å². The van der Waals surface area contributed by atoms with Crippen LogP contribution < -0.4 is 4.74 Å². The monoisotopic (exact) mass is 411 g/mol. The predicted octanol–water partition coefficient (Wildman–Crippen LogP) is 4.24. The highest BCUT2D eigenvalue weighted by Gasteiger charge is 2.18. The quantitative estimate of drug-likeness (QED) is 0.465. The maximum absolute atomic E-state index is 11.6. The normalized spacial score (nSPS) is 12.0. The van der Waals surface area contributed by atoms with Crippen molar-refractivity contribution >= 4 is 17.5 Å². The third-order valence-corrected chi connectivity index (χ3v) is 5.69. The molecule has 2 aromatic carbocycles. The van der Waals surface area contributed by atoms with Crippen molar-refractivity contribution in [2.24, 2.45) is 0 Å². The van der Waals surface area contributed by atoms with Gasteiger partial charge >= 0.3 is 0 Å². The largest absolute Gasteiger partial charge is 0.485 e. The first kappa shape index (κ1) is 21.1. The first-order valence-electron chi connectivity index (χ1n) is 9.45. The summed E-state index contributed by atoms with van der Waals surface area (Å²) < 4.78 is 13.3. The van der Waals surface area contributed by atoms with Gasteiger partial charge in [0.15, 0.2) is 11.0 Å². The fraction of sp³-hybridized carbons (Fsp3) is 0.318. The van der Waals surface area contributed by atoms with E-state index in [9.17, 15) is 4.79 Å². The molecular formula is C22H25N3O3S. The summed E-state index contributed by atoms with van der Waals surface area (Å²) in [5, 5.41) is 9.08. The van der Waals surface area contributed by atoms with Crippen molar-refractivity contribution in [1.29, 1.82) is 0 Å². The molecule has 3 aromatic rings. The van der Waals surface area contributed by atoms with Gasteiger partial charge in [-0.2, -0.15) is 0 Å². The lowest BCUT2D eigenvalue weighted by Crippen LogP contribution is -2.14. The van der Waals surface area contributed by atoms with Gasteiger partial charge in [0.2, 0.25) is 0 Å². The molecule has 1 heterocycles. The number of hydrogen-bond acceptors (Lipinski definition) is 6. The van der Waals surface area contributed by atoms with Crippen LogP contribution >= 0.6 is 11.8 Å². The molecule has 0 fully saturated rings. The Hall–Kier alpha value is -2.64. The Balaban J connectivity index is 1.80. The Morgan fingerprint density at radius 3 is 2.55 bits per heavy atom. The molecule has 152 valence electrons. The van der Waals surface area contributed by atoms with Crippen LogP contribution in [0.3, 0.4) is 0 Å². The molecule has 1 atom stereocenters. The molecule has 6 nitrogen and oxygen atoms in total. The van der Waals surface area contributed by atoms with E-state index in [1.165, 1.54) is 11.8 Å². The van der Waals surface area contributed by atoms with Crippen LogP contribution in [0.5, 0.6) is 5.75 Å². The Morgan fingerprint density at radius 1 is 1.10 bits per heavy atom. The van der Waals surface area contributed by atoms with Crippen LogP contribution in [0.1, 0.15) is 19.7 Å². The third-order valence-electron chi connectivity index (χ3n) is 4.50. The first-order valence-corrected chi connectivity index (χ1v) is 10.3. The van der Waals surface area contributed by atoms with Crippen molar-refractivity contribution in [3.8, 4) is 16.9 Å². The minimum atomic E-state index is -0.187. The number of carbonyl (C=O) groups excluding carboxylic acids is 1. The van der Waals surface area contributed by atoms with E-state index in [4.69, 9.17) is 9.47 Å². The number of benzene rings is 2. The zero-order valence-corrected chi connectivity index (χ0v) is 17.7. The highest BCUT2D eigenvalue weighted by Crippen LogP contribution is 2.30. The van der Waals surface area contributed by atoms with Crippen LogP contribution in [0.2, 0.25) is 0 Å². The van der Waals surface area contributed by atoms with Gasteiger partial charge < -0.3 is 14.0 Å². The highest BCUT2D eigenvalue weighted by atomic mass is 32.2. The lowest BCUT2D eigenvalue weighted by atomic mass is 10.1. The zero-order chi connectivity index (χ0) is 20.6. The number of aromatic nitrogens is 3. The van der Waals surface area contributed by atoms with Crippen LogP contribution in [0.25, 0.3) is 11.1 Å². The molecule has 29 heavy (non-hydrogen) atoms. The van der Waals surface area contributed by atoms with Gasteiger partial charge in [0.1, 0.15) is 18.1 Å². The number of ether oxygens (including phenoxy) is 2. The Labute approximate surface area is 175 Å². The van der Waals surface area contributed by atoms with Crippen LogP contribution in [0.15, 0.2) is 59.8 Å². The highest BCUT2D eigenvalue weighted by molar-refractivity contribution is 8.00. The summed E-state index contributed by atoms with van der Waals surface area (Å²) in [5.41, 5.74) is 2.12. The van der Waals surface area contributed by atoms with Gasteiger partial charge in [0, 0.05) is 19.2 Å². The second kappa shape index (κ2) is 10.2. The Kier molecular flexibility index (Phi) is 7.43. The standard InChI is InChI=1S/C22H25N3O3S/c1-16(26)17(2)29-22-24-23-21(25(22)13-14-27-3)15-28-20-12-8-7-11-19(20)18-9-5-4-6-10-18/h4-12,17H,13-15H2,1-3H3. The molecule has 1 unspecified atom stereocenters. The summed E-state index contributed by atoms with van der Waals surface area (Å²) in [6.07, 6.45) is 0. The molecule has 0 saturated heterocycles. The van der Waals surface area contributed by atoms with Gasteiger partial charge in [-0.1, -0.05) is 60.3 Å². The fourth-order valence-electron chi connectivity index (χ4n) is 2.75. The van der Waals surface area contributed by atoms with Gasteiger partial charge in [-0.25, -0.2) is 0 Å². The van der Waals surface area contributed by atoms with Gasteiger partial charge in [-0.05, 0) is 25.5 Å². The van der Waals surface area contributed by atoms with E-state index in [0.29, 0.717) is 24.1 Å². The molecule has 0 radical (unpaired) electrons. The molecule has 3 rings (SSSR count). The SMILES string of the molecule is COCCn1c(COc2ccccc2-c2ccccc2)nnc1SC(C)C(C)=O. The third kappa shape index (κ3) is 5.46. The topological polar surface area (TPSA) is 66.2 Å². The average molecular weight is 412 g/mol. The molecule has 7 heteroatoms. The first-order chi connectivity index (χ1) is 14.1. The van der Waals surface area contributed by atoms with E-state index in [1.807, 2.05) is 54.0 Å². The maximum Gasteiger partial charge on any atom is 0.192 e. The predicted molar refractivity (Wildman–Crippen MR) is 114 cm³/mol. The summed E-state index contributed by atoms with van der Waals surface area (Å²) in [4.78, 5) is 11.6. The summed E-state index contributed by atoms with van der Waals surface area (Å²) in [7, 11) is 1.65.